The highest BCUT2D eigenvalue weighted by atomic mass is 16.2. The van der Waals surface area contributed by atoms with Crippen LogP contribution in [0.5, 0.6) is 0 Å². The smallest absolute Gasteiger partial charge is 0.165 e. The molecule has 0 aliphatic heterocycles. The van der Waals surface area contributed by atoms with Gasteiger partial charge < -0.3 is 10.4 Å². The Labute approximate surface area is 172 Å². The van der Waals surface area contributed by atoms with Crippen molar-refractivity contribution in [3.05, 3.63) is 48.3 Å². The van der Waals surface area contributed by atoms with Crippen molar-refractivity contribution in [2.24, 2.45) is 0 Å². The largest absolute Gasteiger partial charge is 0.396 e. The Bertz CT molecular complexity index is 1220. The van der Waals surface area contributed by atoms with Crippen molar-refractivity contribution in [1.82, 2.24) is 34.5 Å². The lowest BCUT2D eigenvalue weighted by Crippen LogP contribution is -2.14. The van der Waals surface area contributed by atoms with Crippen LogP contribution in [0.25, 0.3) is 22.7 Å². The molecule has 4 aromatic rings. The SMILES string of the molecule is CC(C)Nc1cc(-n2cnc3cc(C#N)cnc32)ncc1-n1cc(CCCO)nn1. The first kappa shape index (κ1) is 19.5. The Kier molecular flexibility index (Phi) is 5.36. The Morgan fingerprint density at radius 3 is 2.83 bits per heavy atom. The second-order valence-electron chi connectivity index (χ2n) is 7.13. The van der Waals surface area contributed by atoms with Gasteiger partial charge in [0.2, 0.25) is 0 Å². The molecule has 30 heavy (non-hydrogen) atoms. The lowest BCUT2D eigenvalue weighted by Gasteiger charge is -2.15. The van der Waals surface area contributed by atoms with Crippen LogP contribution in [0.1, 0.15) is 31.5 Å². The van der Waals surface area contributed by atoms with Crippen LogP contribution in [0.2, 0.25) is 0 Å². The second kappa shape index (κ2) is 8.26. The summed E-state index contributed by atoms with van der Waals surface area (Å²) in [7, 11) is 0. The molecular weight excluding hydrogens is 382 g/mol. The van der Waals surface area contributed by atoms with Gasteiger partial charge in [-0.1, -0.05) is 5.21 Å². The first-order valence-corrected chi connectivity index (χ1v) is 9.61. The number of hydrogen-bond donors (Lipinski definition) is 2. The van der Waals surface area contributed by atoms with Crippen LogP contribution < -0.4 is 5.32 Å². The molecule has 0 unspecified atom stereocenters. The molecule has 4 heterocycles. The van der Waals surface area contributed by atoms with E-state index in [-0.39, 0.29) is 12.6 Å². The summed E-state index contributed by atoms with van der Waals surface area (Å²) >= 11 is 0. The Balaban J connectivity index is 1.75. The van der Waals surface area contributed by atoms with Gasteiger partial charge in [0.15, 0.2) is 5.65 Å². The van der Waals surface area contributed by atoms with Crippen LogP contribution in [0, 0.1) is 11.3 Å². The third-order valence-corrected chi connectivity index (χ3v) is 4.45. The number of hydrogen-bond acceptors (Lipinski definition) is 8. The Morgan fingerprint density at radius 1 is 1.20 bits per heavy atom. The first-order chi connectivity index (χ1) is 14.6. The molecule has 4 aromatic heterocycles. The normalized spacial score (nSPS) is 11.2. The number of imidazole rings is 1. The number of nitrogens with one attached hydrogen (secondary N) is 1. The van der Waals surface area contributed by atoms with Crippen LogP contribution in [0.3, 0.4) is 0 Å². The van der Waals surface area contributed by atoms with Gasteiger partial charge in [-0.3, -0.25) is 4.57 Å². The molecule has 0 bridgehead atoms. The average molecular weight is 403 g/mol. The topological polar surface area (TPSA) is 130 Å². The fourth-order valence-electron chi connectivity index (χ4n) is 3.10. The van der Waals surface area contributed by atoms with Gasteiger partial charge in [0.05, 0.1) is 29.3 Å². The van der Waals surface area contributed by atoms with Crippen molar-refractivity contribution in [2.45, 2.75) is 32.7 Å². The molecule has 0 amide bonds. The number of fused-ring (bicyclic) bond motifs is 1. The van der Waals surface area contributed by atoms with Gasteiger partial charge in [0, 0.05) is 24.9 Å². The molecule has 152 valence electrons. The van der Waals surface area contributed by atoms with Crippen LogP contribution in [-0.4, -0.2) is 52.3 Å². The molecule has 0 fully saturated rings. The zero-order valence-corrected chi connectivity index (χ0v) is 16.7. The third kappa shape index (κ3) is 3.83. The summed E-state index contributed by atoms with van der Waals surface area (Å²) in [6.07, 6.45) is 8.02. The van der Waals surface area contributed by atoms with Gasteiger partial charge in [-0.2, -0.15) is 5.26 Å². The number of pyridine rings is 2. The summed E-state index contributed by atoms with van der Waals surface area (Å²) in [6.45, 7) is 4.22. The van der Waals surface area contributed by atoms with Crippen LogP contribution in [0.4, 0.5) is 5.69 Å². The van der Waals surface area contributed by atoms with Crippen LogP contribution in [0.15, 0.2) is 37.1 Å². The van der Waals surface area contributed by atoms with Crippen LogP contribution >= 0.6 is 0 Å². The summed E-state index contributed by atoms with van der Waals surface area (Å²) in [6, 6.07) is 5.87. The highest BCUT2D eigenvalue weighted by Crippen LogP contribution is 2.24. The van der Waals surface area contributed by atoms with E-state index in [4.69, 9.17) is 10.4 Å². The fourth-order valence-corrected chi connectivity index (χ4v) is 3.10. The van der Waals surface area contributed by atoms with E-state index in [9.17, 15) is 0 Å². The number of aryl methyl sites for hydroxylation is 1. The van der Waals surface area contributed by atoms with Gasteiger partial charge in [-0.25, -0.2) is 19.6 Å². The van der Waals surface area contributed by atoms with E-state index in [2.05, 4.69) is 50.5 Å². The lowest BCUT2D eigenvalue weighted by molar-refractivity contribution is 0.288. The summed E-state index contributed by atoms with van der Waals surface area (Å²) in [5.74, 6) is 0.641. The number of aliphatic hydroxyl groups is 1. The van der Waals surface area contributed by atoms with Crippen molar-refractivity contribution < 1.29 is 5.11 Å². The van der Waals surface area contributed by atoms with Crippen molar-refractivity contribution in [3.63, 3.8) is 0 Å². The minimum atomic E-state index is 0.117. The molecule has 0 saturated carbocycles. The molecule has 0 spiro atoms. The molecule has 0 aliphatic carbocycles. The summed E-state index contributed by atoms with van der Waals surface area (Å²) in [5, 5.41) is 29.9. The summed E-state index contributed by atoms with van der Waals surface area (Å²) < 4.78 is 3.46. The number of aromatic nitrogens is 7. The third-order valence-electron chi connectivity index (χ3n) is 4.45. The van der Waals surface area contributed by atoms with Crippen molar-refractivity contribution in [1.29, 1.82) is 5.26 Å². The van der Waals surface area contributed by atoms with Gasteiger partial charge >= 0.3 is 0 Å². The summed E-state index contributed by atoms with van der Waals surface area (Å²) in [4.78, 5) is 13.3. The minimum Gasteiger partial charge on any atom is -0.396 e. The molecule has 10 nitrogen and oxygen atoms in total. The number of anilines is 1. The average Bonchev–Trinajstić information content (AvgIpc) is 3.38. The van der Waals surface area contributed by atoms with Crippen LogP contribution in [-0.2, 0) is 6.42 Å². The maximum atomic E-state index is 9.06. The molecule has 0 saturated heterocycles. The number of nitriles is 1. The highest BCUT2D eigenvalue weighted by molar-refractivity contribution is 5.74. The monoisotopic (exact) mass is 403 g/mol. The van der Waals surface area contributed by atoms with Crippen molar-refractivity contribution >= 4 is 16.9 Å². The van der Waals surface area contributed by atoms with E-state index in [1.165, 1.54) is 6.20 Å². The maximum Gasteiger partial charge on any atom is 0.165 e. The van der Waals surface area contributed by atoms with Crippen molar-refractivity contribution in [3.8, 4) is 17.6 Å². The Hall–Kier alpha value is -3.84. The zero-order valence-electron chi connectivity index (χ0n) is 16.7. The van der Waals surface area contributed by atoms with Crippen molar-refractivity contribution in [2.75, 3.05) is 11.9 Å². The van der Waals surface area contributed by atoms with E-state index < -0.39 is 0 Å². The number of rotatable bonds is 7. The van der Waals surface area contributed by atoms with Gasteiger partial charge in [-0.05, 0) is 32.8 Å². The predicted octanol–water partition coefficient (Wildman–Crippen LogP) is 2.01. The number of nitrogens with zero attached hydrogens (tertiary/aromatic N) is 8. The first-order valence-electron chi connectivity index (χ1n) is 9.61. The predicted molar refractivity (Wildman–Crippen MR) is 110 cm³/mol. The lowest BCUT2D eigenvalue weighted by atomic mass is 10.2. The Morgan fingerprint density at radius 2 is 2.07 bits per heavy atom. The molecule has 2 N–H and O–H groups in total. The molecule has 4 rings (SSSR count). The minimum absolute atomic E-state index is 0.117. The fraction of sp³-hybridized carbons (Fsp3) is 0.300. The molecular formula is C20H21N9O. The molecule has 0 aromatic carbocycles. The van der Waals surface area contributed by atoms with Gasteiger partial charge in [0.1, 0.15) is 29.4 Å². The van der Waals surface area contributed by atoms with E-state index in [1.807, 2.05) is 12.3 Å². The summed E-state index contributed by atoms with van der Waals surface area (Å²) in [5.41, 5.74) is 4.12. The van der Waals surface area contributed by atoms with Gasteiger partial charge in [-0.15, -0.1) is 5.10 Å². The molecule has 10 heteroatoms. The maximum absolute atomic E-state index is 9.06. The number of aliphatic hydroxyl groups excluding tert-OH is 1. The standard InChI is InChI=1S/C20H21N9O/c1-13(2)25-16-7-19(28-12-24-17-6-14(8-21)9-23-20(17)28)22-10-18(16)29-11-15(26-27-29)4-3-5-30/h6-7,9-13,30H,3-5H2,1-2H3,(H,22,25). The highest BCUT2D eigenvalue weighted by Gasteiger charge is 2.14. The quantitative estimate of drug-likeness (QED) is 0.479. The zero-order chi connectivity index (χ0) is 21.1. The molecule has 0 radical (unpaired) electrons. The van der Waals surface area contributed by atoms with E-state index in [0.717, 1.165) is 17.1 Å². The van der Waals surface area contributed by atoms with E-state index in [0.29, 0.717) is 35.4 Å². The van der Waals surface area contributed by atoms with E-state index >= 15 is 0 Å². The molecule has 0 atom stereocenters. The van der Waals surface area contributed by atoms with Gasteiger partial charge in [0.25, 0.3) is 0 Å². The van der Waals surface area contributed by atoms with E-state index in [1.54, 1.807) is 27.8 Å². The second-order valence-corrected chi connectivity index (χ2v) is 7.13. The molecule has 0 aliphatic rings.